The van der Waals surface area contributed by atoms with E-state index in [0.717, 1.165) is 31.1 Å². The van der Waals surface area contributed by atoms with E-state index >= 15 is 0 Å². The Morgan fingerprint density at radius 1 is 0.906 bits per heavy atom. The summed E-state index contributed by atoms with van der Waals surface area (Å²) >= 11 is 0. The molecule has 0 aliphatic heterocycles. The predicted octanol–water partition coefficient (Wildman–Crippen LogP) is 5.33. The quantitative estimate of drug-likeness (QED) is 0.234. The maximum absolute atomic E-state index is 9.14. The Morgan fingerprint density at radius 3 is 2.31 bits per heavy atom. The topological polar surface area (TPSA) is 69.5 Å². The zero-order valence-corrected chi connectivity index (χ0v) is 20.8. The van der Waals surface area contributed by atoms with Gasteiger partial charge in [-0.15, -0.1) is 5.16 Å². The molecule has 4 fully saturated rings. The molecule has 10 atom stereocenters. The van der Waals surface area contributed by atoms with Gasteiger partial charge in [-0.1, -0.05) is 20.8 Å². The van der Waals surface area contributed by atoms with E-state index in [2.05, 4.69) is 25.9 Å². The maximum atomic E-state index is 9.14. The summed E-state index contributed by atoms with van der Waals surface area (Å²) in [6.07, 6.45) is 11.9. The van der Waals surface area contributed by atoms with Crippen LogP contribution in [0.25, 0.3) is 0 Å². The Bertz CT molecular complexity index is 658. The molecule has 6 heteroatoms. The van der Waals surface area contributed by atoms with E-state index in [0.29, 0.717) is 48.1 Å². The highest BCUT2D eigenvalue weighted by Crippen LogP contribution is 2.68. The zero-order chi connectivity index (χ0) is 22.9. The van der Waals surface area contributed by atoms with E-state index in [-0.39, 0.29) is 12.2 Å². The van der Waals surface area contributed by atoms with Gasteiger partial charge < -0.3 is 24.2 Å². The number of ether oxygens (including phenoxy) is 4. The lowest BCUT2D eigenvalue weighted by molar-refractivity contribution is -0.213. The van der Waals surface area contributed by atoms with Crippen molar-refractivity contribution in [3.05, 3.63) is 0 Å². The third-order valence-corrected chi connectivity index (χ3v) is 10.4. The van der Waals surface area contributed by atoms with Crippen molar-refractivity contribution < 1.29 is 24.2 Å². The smallest absolute Gasteiger partial charge is 0.146 e. The molecule has 0 amide bonds. The Balaban J connectivity index is 1.58. The fourth-order valence-corrected chi connectivity index (χ4v) is 9.00. The molecule has 0 saturated heterocycles. The van der Waals surface area contributed by atoms with Gasteiger partial charge in [0.05, 0.1) is 12.2 Å². The minimum absolute atomic E-state index is 0.230. The van der Waals surface area contributed by atoms with E-state index < -0.39 is 0 Å². The number of nitrogens with zero attached hydrogens (tertiary/aromatic N) is 1. The molecular formula is C26H45NO5. The number of methoxy groups -OCH3 is 2. The molecule has 184 valence electrons. The molecule has 0 aromatic carbocycles. The first-order valence-corrected chi connectivity index (χ1v) is 12.8. The molecule has 0 spiro atoms. The van der Waals surface area contributed by atoms with Crippen molar-refractivity contribution in [1.82, 2.24) is 0 Å². The first-order valence-electron chi connectivity index (χ1n) is 12.8. The molecule has 4 aliphatic rings. The second-order valence-corrected chi connectivity index (χ2v) is 11.7. The van der Waals surface area contributed by atoms with Crippen LogP contribution in [0.15, 0.2) is 5.16 Å². The van der Waals surface area contributed by atoms with Crippen molar-refractivity contribution in [2.75, 3.05) is 27.8 Å². The van der Waals surface area contributed by atoms with Crippen molar-refractivity contribution >= 4 is 6.21 Å². The summed E-state index contributed by atoms with van der Waals surface area (Å²) in [5.74, 6) is 3.64. The van der Waals surface area contributed by atoms with Gasteiger partial charge in [-0.05, 0) is 97.7 Å². The van der Waals surface area contributed by atoms with Crippen LogP contribution >= 0.6 is 0 Å². The minimum Gasteiger partial charge on any atom is -0.411 e. The molecule has 1 N–H and O–H groups in total. The summed E-state index contributed by atoms with van der Waals surface area (Å²) in [6.45, 7) is 8.06. The fourth-order valence-electron chi connectivity index (χ4n) is 9.00. The highest BCUT2D eigenvalue weighted by Gasteiger charge is 2.62. The lowest BCUT2D eigenvalue weighted by Gasteiger charge is -2.63. The van der Waals surface area contributed by atoms with Gasteiger partial charge in [-0.2, -0.15) is 0 Å². The van der Waals surface area contributed by atoms with E-state index in [1.165, 1.54) is 32.1 Å². The van der Waals surface area contributed by atoms with E-state index in [1.54, 1.807) is 20.4 Å². The standard InChI is InChI=1S/C26H45NO5/c1-17(14-27-28)20-6-7-21-19-13-24(32-16-30-5)23-12-18(31-15-29-4)8-10-26(23,3)22(19)9-11-25(20,21)2/h14,17-24,28H,6-13,15-16H2,1-5H3/b27-14+/t17-,18-,19+,20-,21+,22+,23+,24+,25-,26-/m1/s1. The molecule has 32 heavy (non-hydrogen) atoms. The normalized spacial score (nSPS) is 47.1. The number of rotatable bonds is 8. The van der Waals surface area contributed by atoms with Crippen molar-refractivity contribution in [3.63, 3.8) is 0 Å². The van der Waals surface area contributed by atoms with Gasteiger partial charge in [-0.25, -0.2) is 0 Å². The largest absolute Gasteiger partial charge is 0.411 e. The van der Waals surface area contributed by atoms with Crippen LogP contribution in [0, 0.1) is 46.3 Å². The fraction of sp³-hybridized carbons (Fsp3) is 0.962. The molecule has 0 unspecified atom stereocenters. The van der Waals surface area contributed by atoms with Crippen LogP contribution in [-0.4, -0.2) is 51.4 Å². The molecule has 0 aromatic heterocycles. The van der Waals surface area contributed by atoms with Crippen LogP contribution < -0.4 is 0 Å². The second kappa shape index (κ2) is 9.89. The number of hydrogen-bond donors (Lipinski definition) is 1. The van der Waals surface area contributed by atoms with E-state index in [4.69, 9.17) is 24.2 Å². The second-order valence-electron chi connectivity index (χ2n) is 11.7. The summed E-state index contributed by atoms with van der Waals surface area (Å²) < 4.78 is 23.0. The number of hydrogen-bond acceptors (Lipinski definition) is 6. The Hall–Kier alpha value is -0.690. The van der Waals surface area contributed by atoms with Crippen molar-refractivity contribution in [3.8, 4) is 0 Å². The lowest BCUT2D eigenvalue weighted by Crippen LogP contribution is -2.59. The predicted molar refractivity (Wildman–Crippen MR) is 124 cm³/mol. The van der Waals surface area contributed by atoms with Crippen LogP contribution in [0.4, 0.5) is 0 Å². The molecule has 4 aliphatic carbocycles. The monoisotopic (exact) mass is 451 g/mol. The van der Waals surface area contributed by atoms with Gasteiger partial charge in [0.1, 0.15) is 13.6 Å². The van der Waals surface area contributed by atoms with Crippen LogP contribution in [0.3, 0.4) is 0 Å². The third-order valence-electron chi connectivity index (χ3n) is 10.4. The van der Waals surface area contributed by atoms with Gasteiger partial charge in [0.2, 0.25) is 0 Å². The third kappa shape index (κ3) is 4.14. The first kappa shape index (κ1) is 24.4. The number of oxime groups is 1. The zero-order valence-electron chi connectivity index (χ0n) is 20.8. The van der Waals surface area contributed by atoms with E-state index in [9.17, 15) is 0 Å². The first-order chi connectivity index (χ1) is 15.4. The minimum atomic E-state index is 0.230. The van der Waals surface area contributed by atoms with Gasteiger partial charge >= 0.3 is 0 Å². The lowest BCUT2D eigenvalue weighted by atomic mass is 9.43. The highest BCUT2D eigenvalue weighted by atomic mass is 16.7. The SMILES string of the molecule is COCO[C@@H]1CC[C@]2(C)[C@H]3CC[C@]4(C)[C@@H]([C@H](C)/C=N/O)CC[C@H]4[C@@H]3C[C@H](OCOC)[C@@H]2C1. The summed E-state index contributed by atoms with van der Waals surface area (Å²) in [5, 5.41) is 12.5. The Kier molecular flexibility index (Phi) is 7.55. The summed E-state index contributed by atoms with van der Waals surface area (Å²) in [6, 6.07) is 0. The average Bonchev–Trinajstić information content (AvgIpc) is 3.13. The highest BCUT2D eigenvalue weighted by molar-refractivity contribution is 5.60. The average molecular weight is 452 g/mol. The molecule has 0 aromatic rings. The summed E-state index contributed by atoms with van der Waals surface area (Å²) in [5.41, 5.74) is 0.626. The molecule has 6 nitrogen and oxygen atoms in total. The maximum Gasteiger partial charge on any atom is 0.146 e. The molecule has 0 radical (unpaired) electrons. The summed E-state index contributed by atoms with van der Waals surface area (Å²) in [7, 11) is 3.42. The molecule has 4 saturated carbocycles. The van der Waals surface area contributed by atoms with Crippen LogP contribution in [0.5, 0.6) is 0 Å². The van der Waals surface area contributed by atoms with Crippen molar-refractivity contribution in [1.29, 1.82) is 0 Å². The molecule has 0 bridgehead atoms. The summed E-state index contributed by atoms with van der Waals surface area (Å²) in [4.78, 5) is 0. The molecule has 4 rings (SSSR count). The molecule has 0 heterocycles. The van der Waals surface area contributed by atoms with Gasteiger partial charge in [0.15, 0.2) is 0 Å². The van der Waals surface area contributed by atoms with Gasteiger partial charge in [0.25, 0.3) is 0 Å². The van der Waals surface area contributed by atoms with E-state index in [1.807, 2.05) is 0 Å². The van der Waals surface area contributed by atoms with Crippen LogP contribution in [-0.2, 0) is 18.9 Å². The van der Waals surface area contributed by atoms with Crippen LogP contribution in [0.2, 0.25) is 0 Å². The Labute approximate surface area is 194 Å². The van der Waals surface area contributed by atoms with Crippen LogP contribution in [0.1, 0.15) is 72.1 Å². The Morgan fingerprint density at radius 2 is 1.59 bits per heavy atom. The van der Waals surface area contributed by atoms with Gasteiger partial charge in [-0.3, -0.25) is 0 Å². The molecular weight excluding hydrogens is 406 g/mol. The van der Waals surface area contributed by atoms with Gasteiger partial charge in [0, 0.05) is 20.4 Å². The number of fused-ring (bicyclic) bond motifs is 5. The van der Waals surface area contributed by atoms with Crippen molar-refractivity contribution in [2.24, 2.45) is 51.5 Å². The van der Waals surface area contributed by atoms with Crippen molar-refractivity contribution in [2.45, 2.75) is 84.3 Å².